The number of rotatable bonds is 0. The second-order valence-electron chi connectivity index (χ2n) is 5.68. The van der Waals surface area contributed by atoms with Crippen molar-refractivity contribution in [1.82, 2.24) is 4.90 Å². The Hall–Kier alpha value is -0.480. The molecule has 0 aromatic carbocycles. The lowest BCUT2D eigenvalue weighted by atomic mass is 10.0. The predicted octanol–water partition coefficient (Wildman–Crippen LogP) is 1.76. The molecule has 1 saturated heterocycles. The highest BCUT2D eigenvalue weighted by atomic mass is 35.5. The van der Waals surface area contributed by atoms with E-state index in [0.29, 0.717) is 12.0 Å². The average molecular weight is 249 g/mol. The minimum absolute atomic E-state index is 0. The first kappa shape index (κ1) is 13.6. The molecule has 16 heavy (non-hydrogen) atoms. The van der Waals surface area contributed by atoms with Crippen LogP contribution in [0.3, 0.4) is 0 Å². The lowest BCUT2D eigenvalue weighted by Gasteiger charge is -2.31. The highest BCUT2D eigenvalue weighted by Gasteiger charge is 2.46. The number of carbonyl (C=O) groups excluding carboxylic acids is 1. The van der Waals surface area contributed by atoms with E-state index >= 15 is 0 Å². The van der Waals surface area contributed by atoms with Gasteiger partial charge in [0.05, 0.1) is 0 Å². The van der Waals surface area contributed by atoms with E-state index in [1.165, 1.54) is 0 Å². The zero-order chi connectivity index (χ0) is 11.2. The van der Waals surface area contributed by atoms with Gasteiger partial charge < -0.3 is 15.4 Å². The fourth-order valence-corrected chi connectivity index (χ4v) is 2.54. The molecule has 4 nitrogen and oxygen atoms in total. The van der Waals surface area contributed by atoms with Crippen molar-refractivity contribution in [3.8, 4) is 0 Å². The number of fused-ring (bicyclic) bond motifs is 2. The molecule has 1 amide bonds. The molecule has 2 aliphatic rings. The summed E-state index contributed by atoms with van der Waals surface area (Å²) in [4.78, 5) is 13.7. The summed E-state index contributed by atoms with van der Waals surface area (Å²) in [6.45, 7) is 6.46. The first-order chi connectivity index (χ1) is 6.87. The van der Waals surface area contributed by atoms with Crippen molar-refractivity contribution in [3.05, 3.63) is 0 Å². The Morgan fingerprint density at radius 1 is 1.38 bits per heavy atom. The lowest BCUT2D eigenvalue weighted by Crippen LogP contribution is -2.46. The molecule has 1 heterocycles. The molecule has 1 saturated carbocycles. The maximum Gasteiger partial charge on any atom is 0.410 e. The topological polar surface area (TPSA) is 55.6 Å². The summed E-state index contributed by atoms with van der Waals surface area (Å²) in [7, 11) is 0. The molecule has 1 aliphatic carbocycles. The molecule has 1 aliphatic heterocycles. The van der Waals surface area contributed by atoms with Crippen LogP contribution in [0.5, 0.6) is 0 Å². The lowest BCUT2D eigenvalue weighted by molar-refractivity contribution is 0.0183. The molecule has 0 spiro atoms. The molecule has 5 heteroatoms. The molecule has 2 rings (SSSR count). The quantitative estimate of drug-likeness (QED) is 0.711. The number of amides is 1. The second kappa shape index (κ2) is 4.41. The van der Waals surface area contributed by atoms with Gasteiger partial charge in [0.2, 0.25) is 0 Å². The Balaban J connectivity index is 0.00000128. The highest BCUT2D eigenvalue weighted by molar-refractivity contribution is 5.85. The van der Waals surface area contributed by atoms with E-state index in [9.17, 15) is 4.79 Å². The molecular formula is C11H21ClN2O2. The number of piperidine rings is 1. The summed E-state index contributed by atoms with van der Waals surface area (Å²) >= 11 is 0. The maximum absolute atomic E-state index is 11.8. The van der Waals surface area contributed by atoms with Gasteiger partial charge in [-0.2, -0.15) is 0 Å². The largest absolute Gasteiger partial charge is 0.444 e. The number of nitrogens with two attached hydrogens (primary N) is 1. The Kier molecular flexibility index (Phi) is 3.75. The van der Waals surface area contributed by atoms with Crippen molar-refractivity contribution in [2.24, 2.45) is 11.7 Å². The number of halogens is 1. The van der Waals surface area contributed by atoms with Crippen molar-refractivity contribution in [1.29, 1.82) is 0 Å². The van der Waals surface area contributed by atoms with E-state index in [0.717, 1.165) is 19.4 Å². The predicted molar refractivity (Wildman–Crippen MR) is 64.7 cm³/mol. The van der Waals surface area contributed by atoms with E-state index in [1.54, 1.807) is 0 Å². The monoisotopic (exact) mass is 248 g/mol. The summed E-state index contributed by atoms with van der Waals surface area (Å²) < 4.78 is 5.36. The van der Waals surface area contributed by atoms with E-state index < -0.39 is 5.60 Å². The van der Waals surface area contributed by atoms with Crippen LogP contribution in [0.4, 0.5) is 4.79 Å². The molecular weight excluding hydrogens is 228 g/mol. The third-order valence-corrected chi connectivity index (χ3v) is 3.22. The first-order valence-corrected chi connectivity index (χ1v) is 5.62. The molecule has 2 N–H and O–H groups in total. The van der Waals surface area contributed by atoms with Crippen molar-refractivity contribution >= 4 is 18.5 Å². The molecule has 0 radical (unpaired) electrons. The van der Waals surface area contributed by atoms with Gasteiger partial charge in [0, 0.05) is 18.6 Å². The third-order valence-electron chi connectivity index (χ3n) is 3.22. The summed E-state index contributed by atoms with van der Waals surface area (Å²) in [5.74, 6) is 0.488. The number of ether oxygens (including phenoxy) is 1. The summed E-state index contributed by atoms with van der Waals surface area (Å²) in [6, 6.07) is 0.605. The molecule has 0 aromatic rings. The fourth-order valence-electron chi connectivity index (χ4n) is 2.54. The van der Waals surface area contributed by atoms with Gasteiger partial charge in [-0.25, -0.2) is 4.79 Å². The smallest absolute Gasteiger partial charge is 0.410 e. The van der Waals surface area contributed by atoms with Crippen molar-refractivity contribution in [2.75, 3.05) is 6.54 Å². The van der Waals surface area contributed by atoms with E-state index in [1.807, 2.05) is 25.7 Å². The average Bonchev–Trinajstić information content (AvgIpc) is 2.58. The van der Waals surface area contributed by atoms with Crippen LogP contribution in [-0.4, -0.2) is 35.2 Å². The van der Waals surface area contributed by atoms with Gasteiger partial charge in [-0.1, -0.05) is 0 Å². The standard InChI is InChI=1S/C11H20N2O2.ClH/c1-11(2,3)15-10(14)13-6-7-4-8(13)5-9(7)12;/h7-9H,4-6,12H2,1-3H3;1H. The highest BCUT2D eigenvalue weighted by Crippen LogP contribution is 2.37. The summed E-state index contributed by atoms with van der Waals surface area (Å²) in [5.41, 5.74) is 5.53. The van der Waals surface area contributed by atoms with Crippen molar-refractivity contribution < 1.29 is 9.53 Å². The summed E-state index contributed by atoms with van der Waals surface area (Å²) in [5, 5.41) is 0. The van der Waals surface area contributed by atoms with Crippen LogP contribution in [0.25, 0.3) is 0 Å². The minimum Gasteiger partial charge on any atom is -0.444 e. The second-order valence-corrected chi connectivity index (χ2v) is 5.68. The molecule has 0 aromatic heterocycles. The van der Waals surface area contributed by atoms with E-state index in [-0.39, 0.29) is 24.5 Å². The van der Waals surface area contributed by atoms with Gasteiger partial charge in [-0.3, -0.25) is 0 Å². The summed E-state index contributed by atoms with van der Waals surface area (Å²) in [6.07, 6.45) is 1.81. The normalized spacial score (nSPS) is 32.5. The van der Waals surface area contributed by atoms with Gasteiger partial charge >= 0.3 is 6.09 Å². The van der Waals surface area contributed by atoms with E-state index in [4.69, 9.17) is 10.5 Å². The number of nitrogens with zero attached hydrogens (tertiary/aromatic N) is 1. The number of carbonyl (C=O) groups is 1. The Labute approximate surface area is 103 Å². The van der Waals surface area contributed by atoms with Gasteiger partial charge in [0.25, 0.3) is 0 Å². The fraction of sp³-hybridized carbons (Fsp3) is 0.909. The zero-order valence-corrected chi connectivity index (χ0v) is 10.9. The van der Waals surface area contributed by atoms with Gasteiger partial charge in [-0.15, -0.1) is 12.4 Å². The van der Waals surface area contributed by atoms with Crippen LogP contribution in [0.2, 0.25) is 0 Å². The van der Waals surface area contributed by atoms with Crippen LogP contribution in [0, 0.1) is 5.92 Å². The molecule has 94 valence electrons. The van der Waals surface area contributed by atoms with Gasteiger partial charge in [0.15, 0.2) is 0 Å². The SMILES string of the molecule is CC(C)(C)OC(=O)N1CC2CC1CC2N.Cl. The Bertz CT molecular complexity index is 276. The minimum atomic E-state index is -0.402. The Morgan fingerprint density at radius 3 is 2.38 bits per heavy atom. The van der Waals surface area contributed by atoms with Crippen LogP contribution in [-0.2, 0) is 4.74 Å². The van der Waals surface area contributed by atoms with Crippen LogP contribution in [0.1, 0.15) is 33.6 Å². The van der Waals surface area contributed by atoms with Crippen LogP contribution in [0.15, 0.2) is 0 Å². The Morgan fingerprint density at radius 2 is 2.00 bits per heavy atom. The number of hydrogen-bond acceptors (Lipinski definition) is 3. The third kappa shape index (κ3) is 2.61. The molecule has 3 unspecified atom stereocenters. The van der Waals surface area contributed by atoms with E-state index in [2.05, 4.69) is 0 Å². The van der Waals surface area contributed by atoms with Crippen LogP contribution >= 0.6 is 12.4 Å². The molecule has 2 bridgehead atoms. The van der Waals surface area contributed by atoms with Gasteiger partial charge in [-0.05, 0) is 39.5 Å². The zero-order valence-electron chi connectivity index (χ0n) is 10.1. The first-order valence-electron chi connectivity index (χ1n) is 5.62. The van der Waals surface area contributed by atoms with Crippen LogP contribution < -0.4 is 5.73 Å². The van der Waals surface area contributed by atoms with Crippen molar-refractivity contribution in [2.45, 2.75) is 51.3 Å². The number of hydrogen-bond donors (Lipinski definition) is 1. The van der Waals surface area contributed by atoms with Crippen molar-refractivity contribution in [3.63, 3.8) is 0 Å². The molecule has 2 fully saturated rings. The van der Waals surface area contributed by atoms with Gasteiger partial charge in [0.1, 0.15) is 5.60 Å². The molecule has 3 atom stereocenters. The number of likely N-dealkylation sites (tertiary alicyclic amines) is 1. The maximum atomic E-state index is 11.8.